The number of carbonyl (C=O) groups is 1. The minimum atomic E-state index is -4.08. The number of benzene rings is 2. The first kappa shape index (κ1) is 34.4. The maximum atomic E-state index is 13.8. The van der Waals surface area contributed by atoms with E-state index in [-0.39, 0.29) is 55.0 Å². The Hall–Kier alpha value is -3.52. The number of aromatic nitrogens is 1. The second-order valence-corrected chi connectivity index (χ2v) is 15.9. The van der Waals surface area contributed by atoms with Crippen LogP contribution >= 0.6 is 0 Å². The topological polar surface area (TPSA) is 152 Å². The van der Waals surface area contributed by atoms with Gasteiger partial charge >= 0.3 is 0 Å². The summed E-state index contributed by atoms with van der Waals surface area (Å²) >= 11 is 0. The Kier molecular flexibility index (Phi) is 11.6. The largest absolute Gasteiger partial charge is 0.454 e. The summed E-state index contributed by atoms with van der Waals surface area (Å²) in [5.74, 6) is -1.29. The van der Waals surface area contributed by atoms with E-state index in [1.807, 2.05) is 44.2 Å². The first-order valence-corrected chi connectivity index (χ1v) is 18.1. The molecule has 0 bridgehead atoms. The number of carbonyl (C=O) groups excluding carboxylic acids is 1. The molecule has 0 unspecified atom stereocenters. The van der Waals surface area contributed by atoms with Gasteiger partial charge in [-0.15, -0.1) is 0 Å². The van der Waals surface area contributed by atoms with E-state index in [1.54, 1.807) is 24.4 Å². The summed E-state index contributed by atoms with van der Waals surface area (Å²) in [6, 6.07) is 17.9. The Bertz CT molecular complexity index is 1640. The number of pyridine rings is 1. The van der Waals surface area contributed by atoms with Gasteiger partial charge < -0.3 is 19.9 Å². The monoisotopic (exact) mass is 659 g/mol. The van der Waals surface area contributed by atoms with Crippen LogP contribution in [0.3, 0.4) is 0 Å². The number of aliphatic hydroxyl groups excluding tert-OH is 1. The zero-order valence-corrected chi connectivity index (χ0v) is 27.3. The molecule has 1 aliphatic heterocycles. The van der Waals surface area contributed by atoms with Crippen LogP contribution in [-0.2, 0) is 37.5 Å². The Labute approximate surface area is 265 Å². The van der Waals surface area contributed by atoms with Gasteiger partial charge in [0.1, 0.15) is 0 Å². The molecule has 0 fully saturated rings. The van der Waals surface area contributed by atoms with E-state index in [9.17, 15) is 26.7 Å². The molecule has 11 nitrogen and oxygen atoms in total. The maximum Gasteiger partial charge on any atom is 0.243 e. The lowest BCUT2D eigenvalue weighted by molar-refractivity contribution is -0.125. The number of fused-ring (bicyclic) bond motifs is 1. The van der Waals surface area contributed by atoms with Crippen molar-refractivity contribution in [1.29, 1.82) is 0 Å². The quantitative estimate of drug-likeness (QED) is 0.237. The molecule has 0 aliphatic carbocycles. The summed E-state index contributed by atoms with van der Waals surface area (Å²) in [6.45, 7) is 5.07. The Balaban J connectivity index is 1.50. The van der Waals surface area contributed by atoms with Crippen LogP contribution in [0.1, 0.15) is 32.0 Å². The molecule has 3 atom stereocenters. The van der Waals surface area contributed by atoms with Crippen LogP contribution in [-0.4, -0.2) is 80.7 Å². The number of nitrogens with one attached hydrogen (secondary N) is 1. The third-order valence-electron chi connectivity index (χ3n) is 7.38. The van der Waals surface area contributed by atoms with Gasteiger partial charge in [0.05, 0.1) is 28.5 Å². The van der Waals surface area contributed by atoms with Crippen LogP contribution in [0.2, 0.25) is 0 Å². The number of ether oxygens (including phenoxy) is 2. The molecule has 2 aromatic carbocycles. The molecule has 4 rings (SSSR count). The number of hydrogen-bond donors (Lipinski definition) is 2. The van der Waals surface area contributed by atoms with Gasteiger partial charge in [0.2, 0.25) is 22.7 Å². The van der Waals surface area contributed by atoms with Crippen LogP contribution in [0.4, 0.5) is 0 Å². The molecule has 0 spiro atoms. The van der Waals surface area contributed by atoms with Crippen molar-refractivity contribution < 1.29 is 36.2 Å². The van der Waals surface area contributed by atoms with Gasteiger partial charge in [-0.1, -0.05) is 57.2 Å². The lowest BCUT2D eigenvalue weighted by Crippen LogP contribution is -2.52. The second-order valence-electron chi connectivity index (χ2n) is 11.7. The average molecular weight is 660 g/mol. The minimum Gasteiger partial charge on any atom is -0.454 e. The van der Waals surface area contributed by atoms with Crippen molar-refractivity contribution in [3.05, 3.63) is 84.2 Å². The number of amides is 1. The molecule has 1 aromatic heterocycles. The molecular weight excluding hydrogens is 618 g/mol. The summed E-state index contributed by atoms with van der Waals surface area (Å²) in [5.41, 5.74) is 1.46. The molecule has 45 heavy (non-hydrogen) atoms. The summed E-state index contributed by atoms with van der Waals surface area (Å²) < 4.78 is 65.2. The maximum absolute atomic E-state index is 13.8. The predicted molar refractivity (Wildman–Crippen MR) is 170 cm³/mol. The Morgan fingerprint density at radius 1 is 0.956 bits per heavy atom. The number of sulfonamides is 1. The van der Waals surface area contributed by atoms with Crippen LogP contribution in [0, 0.1) is 11.8 Å². The number of aliphatic hydroxyl groups is 1. The van der Waals surface area contributed by atoms with Gasteiger partial charge in [-0.2, -0.15) is 4.31 Å². The molecule has 2 heterocycles. The van der Waals surface area contributed by atoms with Gasteiger partial charge in [0, 0.05) is 43.4 Å². The van der Waals surface area contributed by atoms with Crippen molar-refractivity contribution in [1.82, 2.24) is 14.6 Å². The molecule has 0 radical (unpaired) electrons. The molecule has 1 amide bonds. The molecule has 13 heteroatoms. The Morgan fingerprint density at radius 2 is 1.67 bits per heavy atom. The molecule has 0 saturated carbocycles. The highest BCUT2D eigenvalue weighted by Gasteiger charge is 2.33. The standard InChI is InChI=1S/C32H41N3O8S2/c1-23(2)19-35(45(40,41)27-12-13-30-31(18-27)43-22-42-30)20-29(36)28(17-25-9-5-4-6-10-25)34-32(37)24(3)21-44(38,39)16-14-26-11-7-8-15-33-26/h4-13,15,18,23-24,28-29,36H,14,16-17,19-22H2,1-3H3,(H,34,37)/t24-,28+,29-/m1/s1. The highest BCUT2D eigenvalue weighted by atomic mass is 32.2. The van der Waals surface area contributed by atoms with Crippen LogP contribution in [0.15, 0.2) is 77.8 Å². The van der Waals surface area contributed by atoms with Gasteiger partial charge in [0.25, 0.3) is 0 Å². The van der Waals surface area contributed by atoms with E-state index >= 15 is 0 Å². The first-order chi connectivity index (χ1) is 21.3. The molecule has 1 aliphatic rings. The minimum absolute atomic E-state index is 0.00191. The second kappa shape index (κ2) is 15.2. The van der Waals surface area contributed by atoms with Crippen molar-refractivity contribution in [2.75, 3.05) is 31.4 Å². The summed E-state index contributed by atoms with van der Waals surface area (Å²) in [4.78, 5) is 17.5. The number of hydrogen-bond acceptors (Lipinski definition) is 9. The SMILES string of the molecule is CC(C)CN(C[C@@H](O)[C@H](Cc1ccccc1)NC(=O)[C@H](C)CS(=O)(=O)CCc1ccccn1)S(=O)(=O)c1ccc2c(c1)OCO2. The lowest BCUT2D eigenvalue weighted by Gasteiger charge is -2.31. The smallest absolute Gasteiger partial charge is 0.243 e. The van der Waals surface area contributed by atoms with Crippen molar-refractivity contribution in [2.45, 2.75) is 50.7 Å². The van der Waals surface area contributed by atoms with Crippen molar-refractivity contribution in [3.63, 3.8) is 0 Å². The van der Waals surface area contributed by atoms with Gasteiger partial charge in [-0.3, -0.25) is 9.78 Å². The lowest BCUT2D eigenvalue weighted by atomic mass is 10.00. The van der Waals surface area contributed by atoms with E-state index in [1.165, 1.54) is 29.4 Å². The highest BCUT2D eigenvalue weighted by molar-refractivity contribution is 7.91. The first-order valence-electron chi connectivity index (χ1n) is 14.9. The van der Waals surface area contributed by atoms with Crippen LogP contribution in [0.5, 0.6) is 11.5 Å². The number of rotatable bonds is 16. The normalized spacial score (nSPS) is 15.2. The van der Waals surface area contributed by atoms with Crippen LogP contribution < -0.4 is 14.8 Å². The fraction of sp³-hybridized carbons (Fsp3) is 0.438. The fourth-order valence-corrected chi connectivity index (χ4v) is 8.26. The third-order valence-corrected chi connectivity index (χ3v) is 11.0. The van der Waals surface area contributed by atoms with E-state index in [0.29, 0.717) is 17.2 Å². The van der Waals surface area contributed by atoms with E-state index in [2.05, 4.69) is 10.3 Å². The molecule has 3 aromatic rings. The summed E-state index contributed by atoms with van der Waals surface area (Å²) in [7, 11) is -7.67. The van der Waals surface area contributed by atoms with Crippen molar-refractivity contribution in [2.24, 2.45) is 11.8 Å². The molecule has 0 saturated heterocycles. The summed E-state index contributed by atoms with van der Waals surface area (Å²) in [5, 5.41) is 14.3. The average Bonchev–Trinajstić information content (AvgIpc) is 3.48. The zero-order chi connectivity index (χ0) is 32.6. The van der Waals surface area contributed by atoms with Gasteiger partial charge in [-0.05, 0) is 42.2 Å². The fourth-order valence-electron chi connectivity index (χ4n) is 5.02. The number of nitrogens with zero attached hydrogens (tertiary/aromatic N) is 2. The number of aryl methyl sites for hydroxylation is 1. The molecule has 244 valence electrons. The van der Waals surface area contributed by atoms with Crippen LogP contribution in [0.25, 0.3) is 0 Å². The summed E-state index contributed by atoms with van der Waals surface area (Å²) in [6.07, 6.45) is 0.714. The van der Waals surface area contributed by atoms with Gasteiger partial charge in [0.15, 0.2) is 21.3 Å². The molecular formula is C32H41N3O8S2. The van der Waals surface area contributed by atoms with Crippen molar-refractivity contribution in [3.8, 4) is 11.5 Å². The zero-order valence-electron chi connectivity index (χ0n) is 25.7. The van der Waals surface area contributed by atoms with Crippen molar-refractivity contribution >= 4 is 25.8 Å². The third kappa shape index (κ3) is 9.73. The van der Waals surface area contributed by atoms with Gasteiger partial charge in [-0.25, -0.2) is 16.8 Å². The molecule has 2 N–H and O–H groups in total. The Morgan fingerprint density at radius 3 is 2.36 bits per heavy atom. The van der Waals surface area contributed by atoms with E-state index in [0.717, 1.165) is 5.56 Å². The predicted octanol–water partition coefficient (Wildman–Crippen LogP) is 2.84. The van der Waals surface area contributed by atoms with E-state index in [4.69, 9.17) is 9.47 Å². The number of sulfone groups is 1. The highest BCUT2D eigenvalue weighted by Crippen LogP contribution is 2.35. The van der Waals surface area contributed by atoms with E-state index < -0.39 is 43.8 Å².